The van der Waals surface area contributed by atoms with Crippen LogP contribution >= 0.6 is 0 Å². The third-order valence-electron chi connectivity index (χ3n) is 3.09. The molecular formula is C13H21N3O. The Hall–Kier alpha value is -1.42. The molecule has 0 fully saturated rings. The van der Waals surface area contributed by atoms with Gasteiger partial charge in [0.05, 0.1) is 6.04 Å². The van der Waals surface area contributed by atoms with Crippen molar-refractivity contribution in [2.75, 3.05) is 7.05 Å². The number of hydrogen-bond acceptors (Lipinski definition) is 3. The Morgan fingerprint density at radius 1 is 1.47 bits per heavy atom. The first kappa shape index (κ1) is 13.6. The van der Waals surface area contributed by atoms with E-state index >= 15 is 0 Å². The summed E-state index contributed by atoms with van der Waals surface area (Å²) in [6.45, 7) is 4.62. The van der Waals surface area contributed by atoms with Gasteiger partial charge in [-0.15, -0.1) is 0 Å². The third kappa shape index (κ3) is 3.82. The summed E-state index contributed by atoms with van der Waals surface area (Å²) in [5.74, 6) is 0.207. The predicted molar refractivity (Wildman–Crippen MR) is 68.1 cm³/mol. The minimum Gasteiger partial charge on any atom is -0.340 e. The maximum atomic E-state index is 12.0. The van der Waals surface area contributed by atoms with E-state index in [1.165, 1.54) is 0 Å². The van der Waals surface area contributed by atoms with E-state index in [0.717, 1.165) is 12.0 Å². The molecule has 0 radical (unpaired) electrons. The number of rotatable bonds is 5. The van der Waals surface area contributed by atoms with E-state index in [-0.39, 0.29) is 11.8 Å². The van der Waals surface area contributed by atoms with Gasteiger partial charge in [-0.2, -0.15) is 0 Å². The Morgan fingerprint density at radius 3 is 2.59 bits per heavy atom. The molecule has 0 aliphatic rings. The molecule has 0 saturated carbocycles. The van der Waals surface area contributed by atoms with Crippen molar-refractivity contribution < 1.29 is 4.79 Å². The van der Waals surface area contributed by atoms with Crippen LogP contribution in [0.2, 0.25) is 0 Å². The highest BCUT2D eigenvalue weighted by Gasteiger charge is 2.22. The lowest BCUT2D eigenvalue weighted by molar-refractivity contribution is -0.132. The fourth-order valence-corrected chi connectivity index (χ4v) is 1.59. The summed E-state index contributed by atoms with van der Waals surface area (Å²) in [4.78, 5) is 17.7. The van der Waals surface area contributed by atoms with Gasteiger partial charge in [-0.3, -0.25) is 9.78 Å². The molecule has 1 aromatic rings. The van der Waals surface area contributed by atoms with E-state index in [1.807, 2.05) is 26.0 Å². The van der Waals surface area contributed by atoms with Gasteiger partial charge >= 0.3 is 0 Å². The molecule has 2 atom stereocenters. The van der Waals surface area contributed by atoms with E-state index in [0.29, 0.717) is 6.54 Å². The van der Waals surface area contributed by atoms with Crippen molar-refractivity contribution in [2.45, 2.75) is 32.9 Å². The van der Waals surface area contributed by atoms with Gasteiger partial charge in [0, 0.05) is 26.0 Å². The molecule has 0 aliphatic carbocycles. The quantitative estimate of drug-likeness (QED) is 0.839. The average molecular weight is 235 g/mol. The molecule has 0 spiro atoms. The molecule has 2 unspecified atom stereocenters. The monoisotopic (exact) mass is 235 g/mol. The standard InChI is InChI=1S/C13H21N3O/c1-4-10(2)12(14)13(17)16(3)9-11-5-7-15-8-6-11/h5-8,10,12H,4,9,14H2,1-3H3. The summed E-state index contributed by atoms with van der Waals surface area (Å²) in [6.07, 6.45) is 4.36. The summed E-state index contributed by atoms with van der Waals surface area (Å²) in [6, 6.07) is 3.39. The lowest BCUT2D eigenvalue weighted by atomic mass is 9.99. The molecule has 4 heteroatoms. The van der Waals surface area contributed by atoms with Crippen molar-refractivity contribution in [3.8, 4) is 0 Å². The molecule has 1 rings (SSSR count). The number of likely N-dealkylation sites (N-methyl/N-ethyl adjacent to an activating group) is 1. The van der Waals surface area contributed by atoms with Crippen LogP contribution in [-0.4, -0.2) is 28.9 Å². The lowest BCUT2D eigenvalue weighted by Gasteiger charge is -2.24. The number of pyridine rings is 1. The van der Waals surface area contributed by atoms with Crippen LogP contribution in [0.15, 0.2) is 24.5 Å². The van der Waals surface area contributed by atoms with E-state index in [2.05, 4.69) is 4.98 Å². The van der Waals surface area contributed by atoms with E-state index in [1.54, 1.807) is 24.3 Å². The first-order valence-corrected chi connectivity index (χ1v) is 5.95. The van der Waals surface area contributed by atoms with Gasteiger partial charge in [0.1, 0.15) is 0 Å². The number of aromatic nitrogens is 1. The van der Waals surface area contributed by atoms with Gasteiger partial charge < -0.3 is 10.6 Å². The number of carbonyl (C=O) groups excluding carboxylic acids is 1. The highest BCUT2D eigenvalue weighted by molar-refractivity contribution is 5.81. The Kier molecular flexibility index (Phi) is 5.10. The molecule has 1 aromatic heterocycles. The zero-order valence-electron chi connectivity index (χ0n) is 10.8. The largest absolute Gasteiger partial charge is 0.340 e. The predicted octanol–water partition coefficient (Wildman–Crippen LogP) is 1.41. The first-order chi connectivity index (χ1) is 8.06. The van der Waals surface area contributed by atoms with Crippen molar-refractivity contribution in [1.82, 2.24) is 9.88 Å². The van der Waals surface area contributed by atoms with Crippen LogP contribution in [0.25, 0.3) is 0 Å². The molecule has 0 bridgehead atoms. The van der Waals surface area contributed by atoms with Crippen LogP contribution in [0.3, 0.4) is 0 Å². The van der Waals surface area contributed by atoms with Crippen molar-refractivity contribution >= 4 is 5.91 Å². The van der Waals surface area contributed by atoms with Crippen LogP contribution in [0.4, 0.5) is 0 Å². The molecule has 1 heterocycles. The number of amides is 1. The van der Waals surface area contributed by atoms with Crippen molar-refractivity contribution in [3.63, 3.8) is 0 Å². The zero-order chi connectivity index (χ0) is 12.8. The fourth-order valence-electron chi connectivity index (χ4n) is 1.59. The van der Waals surface area contributed by atoms with Gasteiger partial charge in [0.2, 0.25) is 5.91 Å². The lowest BCUT2D eigenvalue weighted by Crippen LogP contribution is -2.45. The van der Waals surface area contributed by atoms with Gasteiger partial charge in [-0.25, -0.2) is 0 Å². The number of carbonyl (C=O) groups is 1. The summed E-state index contributed by atoms with van der Waals surface area (Å²) >= 11 is 0. The fraction of sp³-hybridized carbons (Fsp3) is 0.538. The number of hydrogen-bond donors (Lipinski definition) is 1. The van der Waals surface area contributed by atoms with E-state index in [4.69, 9.17) is 5.73 Å². The summed E-state index contributed by atoms with van der Waals surface area (Å²) in [5, 5.41) is 0. The Balaban J connectivity index is 2.58. The van der Waals surface area contributed by atoms with Crippen LogP contribution in [-0.2, 0) is 11.3 Å². The van der Waals surface area contributed by atoms with Crippen molar-refractivity contribution in [3.05, 3.63) is 30.1 Å². The molecule has 17 heavy (non-hydrogen) atoms. The second-order valence-corrected chi connectivity index (χ2v) is 4.46. The molecule has 4 nitrogen and oxygen atoms in total. The molecule has 1 amide bonds. The number of nitrogens with two attached hydrogens (primary N) is 1. The van der Waals surface area contributed by atoms with Crippen LogP contribution < -0.4 is 5.73 Å². The maximum Gasteiger partial charge on any atom is 0.239 e. The molecule has 94 valence electrons. The third-order valence-corrected chi connectivity index (χ3v) is 3.09. The Labute approximate surface area is 103 Å². The SMILES string of the molecule is CCC(C)C(N)C(=O)N(C)Cc1ccncc1. The highest BCUT2D eigenvalue weighted by Crippen LogP contribution is 2.09. The summed E-state index contributed by atoms with van der Waals surface area (Å²) in [5.41, 5.74) is 6.98. The smallest absolute Gasteiger partial charge is 0.239 e. The summed E-state index contributed by atoms with van der Waals surface area (Å²) < 4.78 is 0. The molecule has 0 aromatic carbocycles. The Bertz CT molecular complexity index is 353. The second-order valence-electron chi connectivity index (χ2n) is 4.46. The van der Waals surface area contributed by atoms with Crippen LogP contribution in [0.1, 0.15) is 25.8 Å². The second kappa shape index (κ2) is 6.35. The minimum atomic E-state index is -0.410. The highest BCUT2D eigenvalue weighted by atomic mass is 16.2. The molecule has 0 saturated heterocycles. The summed E-state index contributed by atoms with van der Waals surface area (Å²) in [7, 11) is 1.78. The van der Waals surface area contributed by atoms with Crippen molar-refractivity contribution in [2.24, 2.45) is 11.7 Å². The Morgan fingerprint density at radius 2 is 2.06 bits per heavy atom. The maximum absolute atomic E-state index is 12.0. The van der Waals surface area contributed by atoms with Crippen LogP contribution in [0, 0.1) is 5.92 Å². The van der Waals surface area contributed by atoms with Gasteiger partial charge in [-0.05, 0) is 23.6 Å². The molecule has 0 aliphatic heterocycles. The molecule has 2 N–H and O–H groups in total. The van der Waals surface area contributed by atoms with Gasteiger partial charge in [-0.1, -0.05) is 20.3 Å². The zero-order valence-corrected chi connectivity index (χ0v) is 10.8. The topological polar surface area (TPSA) is 59.2 Å². The first-order valence-electron chi connectivity index (χ1n) is 5.95. The van der Waals surface area contributed by atoms with Crippen molar-refractivity contribution in [1.29, 1.82) is 0 Å². The normalized spacial score (nSPS) is 14.1. The number of nitrogens with zero attached hydrogens (tertiary/aromatic N) is 2. The van der Waals surface area contributed by atoms with E-state index < -0.39 is 6.04 Å². The van der Waals surface area contributed by atoms with Crippen LogP contribution in [0.5, 0.6) is 0 Å². The molecular weight excluding hydrogens is 214 g/mol. The van der Waals surface area contributed by atoms with Gasteiger partial charge in [0.25, 0.3) is 0 Å². The van der Waals surface area contributed by atoms with Gasteiger partial charge in [0.15, 0.2) is 0 Å². The minimum absolute atomic E-state index is 0.00355. The average Bonchev–Trinajstić information content (AvgIpc) is 2.37. The van der Waals surface area contributed by atoms with E-state index in [9.17, 15) is 4.79 Å².